The van der Waals surface area contributed by atoms with Crippen LogP contribution in [0.1, 0.15) is 27.7 Å². The van der Waals surface area contributed by atoms with E-state index in [1.807, 2.05) is 52.0 Å². The van der Waals surface area contributed by atoms with E-state index in [4.69, 9.17) is 15.2 Å². The van der Waals surface area contributed by atoms with Gasteiger partial charge in [-0.05, 0) is 24.5 Å². The number of carbonyl (C=O) groups is 1. The fraction of sp³-hybridized carbons (Fsp3) is 0.588. The SMILES string of the molecule is CCN(CC1COc2ccccc2O1)C(=O)[C@@H](N)C(C)(C)C. The highest BCUT2D eigenvalue weighted by atomic mass is 16.6. The minimum atomic E-state index is -0.524. The number of rotatable bonds is 4. The number of hydrogen-bond donors (Lipinski definition) is 1. The van der Waals surface area contributed by atoms with E-state index in [2.05, 4.69) is 0 Å². The zero-order chi connectivity index (χ0) is 16.3. The number of nitrogens with two attached hydrogens (primary N) is 1. The Morgan fingerprint density at radius 1 is 1.36 bits per heavy atom. The van der Waals surface area contributed by atoms with Crippen molar-refractivity contribution in [2.75, 3.05) is 19.7 Å². The zero-order valence-electron chi connectivity index (χ0n) is 13.8. The minimum absolute atomic E-state index is 0.0440. The molecule has 1 aliphatic heterocycles. The monoisotopic (exact) mass is 306 g/mol. The van der Waals surface area contributed by atoms with Gasteiger partial charge < -0.3 is 20.1 Å². The van der Waals surface area contributed by atoms with Crippen molar-refractivity contribution in [2.45, 2.75) is 39.8 Å². The number of carbonyl (C=O) groups excluding carboxylic acids is 1. The van der Waals surface area contributed by atoms with Crippen molar-refractivity contribution in [3.8, 4) is 11.5 Å². The van der Waals surface area contributed by atoms with Gasteiger partial charge >= 0.3 is 0 Å². The van der Waals surface area contributed by atoms with Crippen molar-refractivity contribution in [3.05, 3.63) is 24.3 Å². The first-order valence-corrected chi connectivity index (χ1v) is 7.75. The molecular weight excluding hydrogens is 280 g/mol. The first kappa shape index (κ1) is 16.6. The quantitative estimate of drug-likeness (QED) is 0.924. The maximum absolute atomic E-state index is 12.5. The van der Waals surface area contributed by atoms with Crippen LogP contribution in [0.4, 0.5) is 0 Å². The lowest BCUT2D eigenvalue weighted by atomic mass is 9.86. The van der Waals surface area contributed by atoms with Gasteiger partial charge in [0.1, 0.15) is 6.61 Å². The maximum atomic E-state index is 12.5. The Kier molecular flexibility index (Phi) is 4.96. The van der Waals surface area contributed by atoms with Crippen molar-refractivity contribution < 1.29 is 14.3 Å². The molecule has 1 aromatic rings. The number of ether oxygens (including phenoxy) is 2. The predicted molar refractivity (Wildman–Crippen MR) is 86.0 cm³/mol. The van der Waals surface area contributed by atoms with Crippen molar-refractivity contribution in [1.29, 1.82) is 0 Å². The lowest BCUT2D eigenvalue weighted by Gasteiger charge is -2.34. The van der Waals surface area contributed by atoms with Crippen LogP contribution in [0.25, 0.3) is 0 Å². The fourth-order valence-electron chi connectivity index (χ4n) is 2.34. The van der Waals surface area contributed by atoms with Gasteiger partial charge in [-0.1, -0.05) is 32.9 Å². The number of amides is 1. The number of fused-ring (bicyclic) bond motifs is 1. The summed E-state index contributed by atoms with van der Waals surface area (Å²) < 4.78 is 11.6. The summed E-state index contributed by atoms with van der Waals surface area (Å²) in [6, 6.07) is 7.05. The van der Waals surface area contributed by atoms with Gasteiger partial charge in [0, 0.05) is 6.54 Å². The van der Waals surface area contributed by atoms with Gasteiger partial charge in [0.05, 0.1) is 12.6 Å². The zero-order valence-corrected chi connectivity index (χ0v) is 13.8. The van der Waals surface area contributed by atoms with Crippen LogP contribution >= 0.6 is 0 Å². The van der Waals surface area contributed by atoms with E-state index in [0.29, 0.717) is 19.7 Å². The van der Waals surface area contributed by atoms with E-state index in [1.165, 1.54) is 0 Å². The number of hydrogen-bond acceptors (Lipinski definition) is 4. The molecule has 122 valence electrons. The first-order chi connectivity index (χ1) is 10.3. The molecule has 22 heavy (non-hydrogen) atoms. The van der Waals surface area contributed by atoms with Crippen LogP contribution in [0.15, 0.2) is 24.3 Å². The molecular formula is C17H26N2O3. The Balaban J connectivity index is 2.01. The van der Waals surface area contributed by atoms with E-state index < -0.39 is 6.04 Å². The van der Waals surface area contributed by atoms with E-state index in [9.17, 15) is 4.79 Å². The standard InChI is InChI=1S/C17H26N2O3/c1-5-19(16(20)15(18)17(2,3)4)10-12-11-21-13-8-6-7-9-14(13)22-12/h6-9,12,15H,5,10-11,18H2,1-4H3/t12?,15-/m1/s1. The topological polar surface area (TPSA) is 64.8 Å². The second-order valence-corrected chi connectivity index (χ2v) is 6.72. The highest BCUT2D eigenvalue weighted by Gasteiger charge is 2.32. The van der Waals surface area contributed by atoms with Crippen LogP contribution in [-0.4, -0.2) is 42.6 Å². The molecule has 2 atom stereocenters. The smallest absolute Gasteiger partial charge is 0.240 e. The Morgan fingerprint density at radius 2 is 2.00 bits per heavy atom. The molecule has 0 aromatic heterocycles. The van der Waals surface area contributed by atoms with Crippen LogP contribution in [0.2, 0.25) is 0 Å². The fourth-order valence-corrected chi connectivity index (χ4v) is 2.34. The molecule has 0 aliphatic carbocycles. The van der Waals surface area contributed by atoms with Gasteiger partial charge in [-0.15, -0.1) is 0 Å². The Labute approximate surface area is 132 Å². The summed E-state index contributed by atoms with van der Waals surface area (Å²) in [4.78, 5) is 14.3. The molecule has 5 nitrogen and oxygen atoms in total. The largest absolute Gasteiger partial charge is 0.486 e. The molecule has 1 amide bonds. The third kappa shape index (κ3) is 3.71. The predicted octanol–water partition coefficient (Wildman–Crippen LogP) is 2.05. The molecule has 1 aliphatic rings. The van der Waals surface area contributed by atoms with E-state index >= 15 is 0 Å². The molecule has 0 saturated carbocycles. The molecule has 1 heterocycles. The lowest BCUT2D eigenvalue weighted by molar-refractivity contribution is -0.136. The third-order valence-electron chi connectivity index (χ3n) is 3.88. The Morgan fingerprint density at radius 3 is 2.59 bits per heavy atom. The van der Waals surface area contributed by atoms with Crippen LogP contribution in [-0.2, 0) is 4.79 Å². The van der Waals surface area contributed by atoms with Crippen molar-refractivity contribution >= 4 is 5.91 Å². The van der Waals surface area contributed by atoms with Gasteiger partial charge in [0.2, 0.25) is 5.91 Å². The molecule has 0 bridgehead atoms. The minimum Gasteiger partial charge on any atom is -0.486 e. The van der Waals surface area contributed by atoms with Crippen LogP contribution in [0, 0.1) is 5.41 Å². The molecule has 0 radical (unpaired) electrons. The number of para-hydroxylation sites is 2. The number of benzene rings is 1. The van der Waals surface area contributed by atoms with Gasteiger partial charge in [-0.3, -0.25) is 4.79 Å². The first-order valence-electron chi connectivity index (χ1n) is 7.75. The van der Waals surface area contributed by atoms with Gasteiger partial charge in [0.15, 0.2) is 17.6 Å². The second kappa shape index (κ2) is 6.57. The van der Waals surface area contributed by atoms with Gasteiger partial charge in [-0.25, -0.2) is 0 Å². The summed E-state index contributed by atoms with van der Waals surface area (Å²) in [5.41, 5.74) is 5.83. The molecule has 0 saturated heterocycles. The summed E-state index contributed by atoms with van der Waals surface area (Å²) in [6.45, 7) is 9.38. The maximum Gasteiger partial charge on any atom is 0.240 e. The summed E-state index contributed by atoms with van der Waals surface area (Å²) in [6.07, 6.45) is -0.175. The average Bonchev–Trinajstić information content (AvgIpc) is 2.50. The molecule has 2 rings (SSSR count). The normalized spacial score (nSPS) is 18.7. The molecule has 1 aromatic carbocycles. The van der Waals surface area contributed by atoms with Crippen molar-refractivity contribution in [3.63, 3.8) is 0 Å². The van der Waals surface area contributed by atoms with Gasteiger partial charge in [0.25, 0.3) is 0 Å². The number of nitrogens with zero attached hydrogens (tertiary/aromatic N) is 1. The molecule has 1 unspecified atom stereocenters. The van der Waals surface area contributed by atoms with Gasteiger partial charge in [-0.2, -0.15) is 0 Å². The molecule has 0 spiro atoms. The molecule has 0 fully saturated rings. The van der Waals surface area contributed by atoms with Crippen LogP contribution in [0.5, 0.6) is 11.5 Å². The van der Waals surface area contributed by atoms with Crippen molar-refractivity contribution in [1.82, 2.24) is 4.90 Å². The summed E-state index contributed by atoms with van der Waals surface area (Å²) >= 11 is 0. The Bertz CT molecular complexity index is 525. The van der Waals surface area contributed by atoms with E-state index in [0.717, 1.165) is 11.5 Å². The second-order valence-electron chi connectivity index (χ2n) is 6.72. The average molecular weight is 306 g/mol. The highest BCUT2D eigenvalue weighted by molar-refractivity contribution is 5.82. The number of likely N-dealkylation sites (N-methyl/N-ethyl adjacent to an activating group) is 1. The van der Waals surface area contributed by atoms with E-state index in [-0.39, 0.29) is 17.4 Å². The summed E-state index contributed by atoms with van der Waals surface area (Å²) in [7, 11) is 0. The van der Waals surface area contributed by atoms with Crippen molar-refractivity contribution in [2.24, 2.45) is 11.1 Å². The molecule has 2 N–H and O–H groups in total. The summed E-state index contributed by atoms with van der Waals surface area (Å²) in [5, 5.41) is 0. The lowest BCUT2D eigenvalue weighted by Crippen LogP contribution is -2.53. The summed E-state index contributed by atoms with van der Waals surface area (Å²) in [5.74, 6) is 1.43. The van der Waals surface area contributed by atoms with E-state index in [1.54, 1.807) is 4.90 Å². The van der Waals surface area contributed by atoms with Crippen LogP contribution in [0.3, 0.4) is 0 Å². The van der Waals surface area contributed by atoms with Crippen LogP contribution < -0.4 is 15.2 Å². The highest BCUT2D eigenvalue weighted by Crippen LogP contribution is 2.31. The molecule has 5 heteroatoms. The Hall–Kier alpha value is -1.75. The third-order valence-corrected chi connectivity index (χ3v) is 3.88.